The van der Waals surface area contributed by atoms with Crippen LogP contribution in [-0.2, 0) is 11.1 Å². The lowest BCUT2D eigenvalue weighted by Crippen LogP contribution is -2.25. The molecule has 0 aromatic heterocycles. The summed E-state index contributed by atoms with van der Waals surface area (Å²) in [4.78, 5) is 4.32. The fraction of sp³-hybridized carbons (Fsp3) is 0.222. The number of alkyl halides is 3. The second-order valence-corrected chi connectivity index (χ2v) is 6.70. The number of hydrogen-bond donors (Lipinski definition) is 1. The molecule has 0 spiro atoms. The van der Waals surface area contributed by atoms with E-state index in [-0.39, 0.29) is 10.6 Å². The second kappa shape index (κ2) is 7.92. The predicted octanol–water partition coefficient (Wildman–Crippen LogP) is 4.63. The maximum atomic E-state index is 12.8. The number of aryl methyl sites for hydroxylation is 2. The van der Waals surface area contributed by atoms with Crippen molar-refractivity contribution in [1.82, 2.24) is 0 Å². The van der Waals surface area contributed by atoms with Crippen molar-refractivity contribution in [3.8, 4) is 0 Å². The zero-order valence-corrected chi connectivity index (χ0v) is 14.9. The van der Waals surface area contributed by atoms with Gasteiger partial charge in [0.05, 0.1) is 11.4 Å². The maximum absolute atomic E-state index is 12.8. The molecule has 26 heavy (non-hydrogen) atoms. The highest BCUT2D eigenvalue weighted by molar-refractivity contribution is 7.79. The van der Waals surface area contributed by atoms with Crippen molar-refractivity contribution in [3.63, 3.8) is 0 Å². The lowest BCUT2D eigenvalue weighted by Gasteiger charge is -2.14. The number of rotatable bonds is 5. The first-order chi connectivity index (χ1) is 12.1. The number of halogens is 3. The van der Waals surface area contributed by atoms with Gasteiger partial charge in [-0.15, -0.1) is 0 Å². The van der Waals surface area contributed by atoms with Crippen LogP contribution in [0.1, 0.15) is 23.1 Å². The summed E-state index contributed by atoms with van der Waals surface area (Å²) in [6, 6.07) is 10.8. The van der Waals surface area contributed by atoms with E-state index < -0.39 is 29.4 Å². The standard InChI is InChI=1S/C18H17F3N2O2S/c1-11-3-4-12(2)15(9-11)16(10-17(22)18(19,20)21)23-13-5-7-14(8-6-13)26(24)25/h3-9,22H,10H2,1-2H3,(H,24,25)/p-1. The summed E-state index contributed by atoms with van der Waals surface area (Å²) < 4.78 is 60.3. The highest BCUT2D eigenvalue weighted by Gasteiger charge is 2.35. The van der Waals surface area contributed by atoms with E-state index in [0.29, 0.717) is 11.3 Å². The van der Waals surface area contributed by atoms with Gasteiger partial charge in [0.25, 0.3) is 0 Å². The fourth-order valence-electron chi connectivity index (χ4n) is 2.30. The topological polar surface area (TPSA) is 76.3 Å². The predicted molar refractivity (Wildman–Crippen MR) is 94.1 cm³/mol. The van der Waals surface area contributed by atoms with Crippen LogP contribution in [0, 0.1) is 19.3 Å². The number of aliphatic imine (C=N–C) groups is 1. The largest absolute Gasteiger partial charge is 0.768 e. The Morgan fingerprint density at radius 2 is 1.77 bits per heavy atom. The summed E-state index contributed by atoms with van der Waals surface area (Å²) in [5, 5.41) is 7.31. The third-order valence-corrected chi connectivity index (χ3v) is 4.34. The third-order valence-electron chi connectivity index (χ3n) is 3.68. The molecule has 4 nitrogen and oxygen atoms in total. The Labute approximate surface area is 151 Å². The highest BCUT2D eigenvalue weighted by atomic mass is 32.2. The molecule has 1 atom stereocenters. The van der Waals surface area contributed by atoms with Crippen LogP contribution >= 0.6 is 0 Å². The quantitative estimate of drug-likeness (QED) is 0.605. The number of nitrogens with zero attached hydrogens (tertiary/aromatic N) is 1. The molecule has 8 heteroatoms. The van der Waals surface area contributed by atoms with E-state index in [2.05, 4.69) is 4.99 Å². The molecule has 0 aliphatic rings. The molecule has 0 amide bonds. The van der Waals surface area contributed by atoms with Crippen molar-refractivity contribution in [2.45, 2.75) is 31.3 Å². The molecule has 0 fully saturated rings. The Kier molecular flexibility index (Phi) is 6.09. The molecule has 0 bridgehead atoms. The van der Waals surface area contributed by atoms with Crippen molar-refractivity contribution < 1.29 is 21.9 Å². The van der Waals surface area contributed by atoms with Crippen molar-refractivity contribution in [1.29, 1.82) is 5.41 Å². The van der Waals surface area contributed by atoms with E-state index in [4.69, 9.17) is 5.41 Å². The van der Waals surface area contributed by atoms with Crippen LogP contribution in [0.25, 0.3) is 0 Å². The van der Waals surface area contributed by atoms with Crippen molar-refractivity contribution >= 4 is 28.2 Å². The smallest absolute Gasteiger partial charge is 0.429 e. The van der Waals surface area contributed by atoms with Gasteiger partial charge >= 0.3 is 6.18 Å². The van der Waals surface area contributed by atoms with Crippen LogP contribution in [-0.4, -0.2) is 26.4 Å². The summed E-state index contributed by atoms with van der Waals surface area (Å²) in [6.45, 7) is 3.57. The number of nitrogens with one attached hydrogen (secondary N) is 1. The minimum absolute atomic E-state index is 0.0558. The van der Waals surface area contributed by atoms with Crippen LogP contribution in [0.2, 0.25) is 0 Å². The lowest BCUT2D eigenvalue weighted by molar-refractivity contribution is -0.0605. The number of hydrogen-bond acceptors (Lipinski definition) is 4. The molecule has 1 unspecified atom stereocenters. The fourth-order valence-corrected chi connectivity index (χ4v) is 2.66. The van der Waals surface area contributed by atoms with Gasteiger partial charge in [-0.3, -0.25) is 9.20 Å². The van der Waals surface area contributed by atoms with Crippen molar-refractivity contribution in [2.75, 3.05) is 0 Å². The molecule has 0 radical (unpaired) electrons. The number of benzene rings is 2. The van der Waals surface area contributed by atoms with E-state index in [1.165, 1.54) is 24.3 Å². The van der Waals surface area contributed by atoms with Gasteiger partial charge in [0.15, 0.2) is 0 Å². The molecule has 138 valence electrons. The van der Waals surface area contributed by atoms with E-state index in [1.807, 2.05) is 13.0 Å². The molecule has 2 aromatic carbocycles. The van der Waals surface area contributed by atoms with Crippen LogP contribution in [0.4, 0.5) is 18.9 Å². The molecule has 0 saturated carbocycles. The average molecular weight is 381 g/mol. The first kappa shape index (κ1) is 20.0. The summed E-state index contributed by atoms with van der Waals surface area (Å²) in [6.07, 6.45) is -5.41. The monoisotopic (exact) mass is 381 g/mol. The molecule has 0 aliphatic heterocycles. The molecule has 0 aliphatic carbocycles. The molecule has 2 aromatic rings. The van der Waals surface area contributed by atoms with Gasteiger partial charge in [-0.05, 0) is 66.4 Å². The summed E-state index contributed by atoms with van der Waals surface area (Å²) in [5.41, 5.74) is 1.13. The first-order valence-corrected chi connectivity index (χ1v) is 8.64. The average Bonchev–Trinajstić information content (AvgIpc) is 2.56. The van der Waals surface area contributed by atoms with Gasteiger partial charge in [-0.25, -0.2) is 0 Å². The minimum atomic E-state index is -4.73. The second-order valence-electron chi connectivity index (χ2n) is 5.76. The summed E-state index contributed by atoms with van der Waals surface area (Å²) >= 11 is -2.39. The van der Waals surface area contributed by atoms with Crippen LogP contribution < -0.4 is 0 Å². The summed E-state index contributed by atoms with van der Waals surface area (Å²) in [7, 11) is 0. The normalized spacial score (nSPS) is 13.5. The maximum Gasteiger partial charge on any atom is 0.429 e. The molecular weight excluding hydrogens is 365 g/mol. The Morgan fingerprint density at radius 1 is 1.15 bits per heavy atom. The molecular formula is C18H16F3N2O2S-. The van der Waals surface area contributed by atoms with Crippen molar-refractivity contribution in [3.05, 3.63) is 59.2 Å². The van der Waals surface area contributed by atoms with Gasteiger partial charge in [0, 0.05) is 11.3 Å². The SMILES string of the molecule is Cc1ccc(C)c(C(CC(=N)C(F)(F)F)=Nc2ccc(S(=O)[O-])cc2)c1. The van der Waals surface area contributed by atoms with Gasteiger partial charge in [-0.2, -0.15) is 13.2 Å². The molecule has 2 rings (SSSR count). The van der Waals surface area contributed by atoms with Crippen LogP contribution in [0.5, 0.6) is 0 Å². The first-order valence-electron chi connectivity index (χ1n) is 7.57. The van der Waals surface area contributed by atoms with E-state index in [9.17, 15) is 21.9 Å². The molecule has 0 heterocycles. The van der Waals surface area contributed by atoms with Gasteiger partial charge in [-0.1, -0.05) is 17.7 Å². The van der Waals surface area contributed by atoms with E-state index in [1.54, 1.807) is 19.1 Å². The van der Waals surface area contributed by atoms with E-state index >= 15 is 0 Å². The van der Waals surface area contributed by atoms with Crippen LogP contribution in [0.3, 0.4) is 0 Å². The van der Waals surface area contributed by atoms with E-state index in [0.717, 1.165) is 11.1 Å². The Bertz CT molecular complexity index is 875. The highest BCUT2D eigenvalue weighted by Crippen LogP contribution is 2.24. The zero-order chi connectivity index (χ0) is 19.5. The zero-order valence-electron chi connectivity index (χ0n) is 14.1. The van der Waals surface area contributed by atoms with Gasteiger partial charge < -0.3 is 9.96 Å². The molecule has 1 N–H and O–H groups in total. The summed E-state index contributed by atoms with van der Waals surface area (Å²) in [5.74, 6) is 0. The molecule has 0 saturated heterocycles. The van der Waals surface area contributed by atoms with Crippen molar-refractivity contribution in [2.24, 2.45) is 4.99 Å². The van der Waals surface area contributed by atoms with Gasteiger partial charge in [0.1, 0.15) is 5.71 Å². The third kappa shape index (κ3) is 5.09. The Balaban J connectivity index is 2.50. The Hall–Kier alpha value is -2.32. The van der Waals surface area contributed by atoms with Gasteiger partial charge in [0.2, 0.25) is 0 Å². The van der Waals surface area contributed by atoms with Crippen LogP contribution in [0.15, 0.2) is 52.4 Å². The lowest BCUT2D eigenvalue weighted by atomic mass is 9.97. The minimum Gasteiger partial charge on any atom is -0.768 e. The Morgan fingerprint density at radius 3 is 2.31 bits per heavy atom.